The first-order chi connectivity index (χ1) is 11.0. The highest BCUT2D eigenvalue weighted by molar-refractivity contribution is 5.74. The Morgan fingerprint density at radius 3 is 2.48 bits per heavy atom. The van der Waals surface area contributed by atoms with E-state index >= 15 is 0 Å². The molecule has 1 aliphatic rings. The molecule has 0 bridgehead atoms. The van der Waals surface area contributed by atoms with Gasteiger partial charge in [-0.2, -0.15) is 0 Å². The van der Waals surface area contributed by atoms with Crippen LogP contribution in [0.25, 0.3) is 0 Å². The molecule has 1 aromatic carbocycles. The van der Waals surface area contributed by atoms with Gasteiger partial charge in [0, 0.05) is 25.7 Å². The number of hydrogen-bond donors (Lipinski definition) is 2. The van der Waals surface area contributed by atoms with Gasteiger partial charge in [0.2, 0.25) is 0 Å². The third-order valence-corrected chi connectivity index (χ3v) is 4.31. The molecule has 1 aromatic rings. The molecule has 23 heavy (non-hydrogen) atoms. The molecule has 6 nitrogen and oxygen atoms in total. The maximum Gasteiger partial charge on any atom is 0.317 e. The summed E-state index contributed by atoms with van der Waals surface area (Å²) < 4.78 is 0. The van der Waals surface area contributed by atoms with Crippen LogP contribution in [0, 0.1) is 0 Å². The Bertz CT molecular complexity index is 529. The smallest absolute Gasteiger partial charge is 0.317 e. The number of carbonyl (C=O) groups excluding carboxylic acids is 1. The highest BCUT2D eigenvalue weighted by Crippen LogP contribution is 2.25. The summed E-state index contributed by atoms with van der Waals surface area (Å²) in [6, 6.07) is 10.2. The number of nitrogens with one attached hydrogen (secondary N) is 1. The third kappa shape index (κ3) is 4.96. The van der Waals surface area contributed by atoms with Gasteiger partial charge in [-0.1, -0.05) is 37.3 Å². The van der Waals surface area contributed by atoms with E-state index in [1.165, 1.54) is 0 Å². The van der Waals surface area contributed by atoms with Crippen molar-refractivity contribution in [3.8, 4) is 0 Å². The molecular formula is C17H25N3O3. The predicted octanol–water partition coefficient (Wildman–Crippen LogP) is 1.77. The molecule has 2 N–H and O–H groups in total. The molecule has 0 heterocycles. The lowest BCUT2D eigenvalue weighted by atomic mass is 9.85. The van der Waals surface area contributed by atoms with Gasteiger partial charge in [0.1, 0.15) is 0 Å². The summed E-state index contributed by atoms with van der Waals surface area (Å²) in [7, 11) is 1.78. The number of aliphatic carboxylic acids is 1. The normalized spacial score (nSPS) is 20.0. The minimum absolute atomic E-state index is 0.0652. The summed E-state index contributed by atoms with van der Waals surface area (Å²) in [6.07, 6.45) is 1.62. The highest BCUT2D eigenvalue weighted by Gasteiger charge is 2.35. The molecule has 0 atom stereocenters. The van der Waals surface area contributed by atoms with E-state index in [-0.39, 0.29) is 24.7 Å². The first-order valence-electron chi connectivity index (χ1n) is 8.01. The molecule has 6 heteroatoms. The molecule has 0 aromatic heterocycles. The van der Waals surface area contributed by atoms with Crippen molar-refractivity contribution in [1.29, 1.82) is 0 Å². The molecule has 1 fully saturated rings. The van der Waals surface area contributed by atoms with Crippen molar-refractivity contribution in [3.05, 3.63) is 35.9 Å². The summed E-state index contributed by atoms with van der Waals surface area (Å²) in [5.74, 6) is -0.804. The fourth-order valence-electron chi connectivity index (χ4n) is 2.89. The van der Waals surface area contributed by atoms with E-state index in [1.54, 1.807) is 11.9 Å². The molecule has 2 amide bonds. The van der Waals surface area contributed by atoms with Crippen LogP contribution in [0.3, 0.4) is 0 Å². The van der Waals surface area contributed by atoms with Crippen LogP contribution in [-0.4, -0.2) is 59.1 Å². The lowest BCUT2D eigenvalue weighted by Gasteiger charge is -2.42. The van der Waals surface area contributed by atoms with Gasteiger partial charge < -0.3 is 15.3 Å². The molecule has 0 saturated heterocycles. The number of carboxylic acid groups (broad SMARTS) is 1. The van der Waals surface area contributed by atoms with Gasteiger partial charge in [-0.3, -0.25) is 9.69 Å². The van der Waals surface area contributed by atoms with Crippen LogP contribution >= 0.6 is 0 Å². The minimum atomic E-state index is -0.804. The third-order valence-electron chi connectivity index (χ3n) is 4.31. The average molecular weight is 319 g/mol. The summed E-state index contributed by atoms with van der Waals surface area (Å²) in [4.78, 5) is 26.6. The van der Waals surface area contributed by atoms with Crippen LogP contribution in [0.15, 0.2) is 30.3 Å². The van der Waals surface area contributed by atoms with E-state index in [0.717, 1.165) is 18.4 Å². The van der Waals surface area contributed by atoms with Crippen molar-refractivity contribution < 1.29 is 14.7 Å². The lowest BCUT2D eigenvalue weighted by molar-refractivity contribution is -0.139. The highest BCUT2D eigenvalue weighted by atomic mass is 16.4. The number of benzene rings is 1. The first kappa shape index (κ1) is 17.3. The number of likely N-dealkylation sites (N-methyl/N-ethyl adjacent to an activating group) is 1. The van der Waals surface area contributed by atoms with Gasteiger partial charge in [-0.05, 0) is 24.9 Å². The maximum atomic E-state index is 12.2. The van der Waals surface area contributed by atoms with Gasteiger partial charge in [0.05, 0.1) is 6.54 Å². The Balaban J connectivity index is 1.74. The molecule has 2 rings (SSSR count). The molecule has 0 unspecified atom stereocenters. The van der Waals surface area contributed by atoms with Crippen LogP contribution in [-0.2, 0) is 11.3 Å². The van der Waals surface area contributed by atoms with Gasteiger partial charge >= 0.3 is 12.0 Å². The van der Waals surface area contributed by atoms with E-state index in [9.17, 15) is 9.59 Å². The minimum Gasteiger partial charge on any atom is -0.480 e. The zero-order valence-corrected chi connectivity index (χ0v) is 13.7. The number of carbonyl (C=O) groups is 2. The zero-order chi connectivity index (χ0) is 16.8. The van der Waals surface area contributed by atoms with Crippen LogP contribution in [0.4, 0.5) is 4.79 Å². The second kappa shape index (κ2) is 7.97. The fourth-order valence-corrected chi connectivity index (χ4v) is 2.89. The fraction of sp³-hybridized carbons (Fsp3) is 0.529. The van der Waals surface area contributed by atoms with Gasteiger partial charge in [-0.15, -0.1) is 0 Å². The summed E-state index contributed by atoms with van der Waals surface area (Å²) >= 11 is 0. The second-order valence-electron chi connectivity index (χ2n) is 6.07. The van der Waals surface area contributed by atoms with Gasteiger partial charge in [0.25, 0.3) is 0 Å². The standard InChI is InChI=1S/C17H25N3O3/c1-3-20(12-16(21)22)15-9-14(10-15)18-17(23)19(2)11-13-7-5-4-6-8-13/h4-8,14-15H,3,9-12H2,1-2H3,(H,18,23)(H,21,22). The van der Waals surface area contributed by atoms with E-state index in [2.05, 4.69) is 5.32 Å². The number of amides is 2. The van der Waals surface area contributed by atoms with Crippen molar-refractivity contribution in [2.24, 2.45) is 0 Å². The van der Waals surface area contributed by atoms with E-state index in [4.69, 9.17) is 5.11 Å². The monoisotopic (exact) mass is 319 g/mol. The van der Waals surface area contributed by atoms with Crippen molar-refractivity contribution in [1.82, 2.24) is 15.1 Å². The number of nitrogens with zero attached hydrogens (tertiary/aromatic N) is 2. The molecule has 1 aliphatic carbocycles. The molecule has 1 saturated carbocycles. The summed E-state index contributed by atoms with van der Waals surface area (Å²) in [5, 5.41) is 11.9. The Morgan fingerprint density at radius 2 is 1.91 bits per heavy atom. The van der Waals surface area contributed by atoms with Crippen molar-refractivity contribution >= 4 is 12.0 Å². The summed E-state index contributed by atoms with van der Waals surface area (Å²) in [5.41, 5.74) is 1.09. The topological polar surface area (TPSA) is 72.9 Å². The van der Waals surface area contributed by atoms with E-state index < -0.39 is 5.97 Å². The molecule has 0 aliphatic heterocycles. The van der Waals surface area contributed by atoms with E-state index in [0.29, 0.717) is 13.1 Å². The van der Waals surface area contributed by atoms with Crippen LogP contribution in [0.2, 0.25) is 0 Å². The summed E-state index contributed by atoms with van der Waals surface area (Å²) in [6.45, 7) is 3.31. The first-order valence-corrected chi connectivity index (χ1v) is 8.01. The van der Waals surface area contributed by atoms with Crippen molar-refractivity contribution in [3.63, 3.8) is 0 Å². The van der Waals surface area contributed by atoms with Gasteiger partial charge in [0.15, 0.2) is 0 Å². The van der Waals surface area contributed by atoms with Crippen molar-refractivity contribution in [2.45, 2.75) is 38.4 Å². The SMILES string of the molecule is CCN(CC(=O)O)C1CC(NC(=O)N(C)Cc2ccccc2)C1. The number of urea groups is 1. The number of hydrogen-bond acceptors (Lipinski definition) is 3. The second-order valence-corrected chi connectivity index (χ2v) is 6.07. The molecule has 0 spiro atoms. The largest absolute Gasteiger partial charge is 0.480 e. The van der Waals surface area contributed by atoms with Crippen LogP contribution < -0.4 is 5.32 Å². The molecule has 126 valence electrons. The lowest BCUT2D eigenvalue weighted by Crippen LogP contribution is -2.56. The van der Waals surface area contributed by atoms with Gasteiger partial charge in [-0.25, -0.2) is 4.79 Å². The quantitative estimate of drug-likeness (QED) is 0.803. The Kier molecular flexibility index (Phi) is 5.98. The maximum absolute atomic E-state index is 12.2. The zero-order valence-electron chi connectivity index (χ0n) is 13.7. The predicted molar refractivity (Wildman–Crippen MR) is 88.1 cm³/mol. The average Bonchev–Trinajstić information content (AvgIpc) is 2.49. The van der Waals surface area contributed by atoms with Crippen molar-refractivity contribution in [2.75, 3.05) is 20.1 Å². The van der Waals surface area contributed by atoms with Crippen LogP contribution in [0.5, 0.6) is 0 Å². The molecular weight excluding hydrogens is 294 g/mol. The van der Waals surface area contributed by atoms with Crippen LogP contribution in [0.1, 0.15) is 25.3 Å². The number of carboxylic acids is 1. The Labute approximate surface area is 137 Å². The Morgan fingerprint density at radius 1 is 1.26 bits per heavy atom. The Hall–Kier alpha value is -2.08. The van der Waals surface area contributed by atoms with E-state index in [1.807, 2.05) is 42.2 Å². The number of rotatable bonds is 7. The molecule has 0 radical (unpaired) electrons.